The van der Waals surface area contributed by atoms with Gasteiger partial charge in [0.15, 0.2) is 17.6 Å². The Labute approximate surface area is 150 Å². The van der Waals surface area contributed by atoms with Crippen LogP contribution in [-0.4, -0.2) is 32.2 Å². The minimum Gasteiger partial charge on any atom is -0.493 e. The zero-order chi connectivity index (χ0) is 18.6. The number of amides is 1. The molecule has 0 fully saturated rings. The summed E-state index contributed by atoms with van der Waals surface area (Å²) in [4.78, 5) is 26.4. The molecule has 0 aliphatic heterocycles. The lowest BCUT2D eigenvalue weighted by atomic mass is 10.2. The third kappa shape index (κ3) is 4.51. The fourth-order valence-corrected chi connectivity index (χ4v) is 3.18. The smallest absolute Gasteiger partial charge is 0.340 e. The van der Waals surface area contributed by atoms with Gasteiger partial charge in [-0.1, -0.05) is 0 Å². The first kappa shape index (κ1) is 18.8. The van der Waals surface area contributed by atoms with Crippen molar-refractivity contribution in [1.29, 1.82) is 0 Å². The van der Waals surface area contributed by atoms with Crippen molar-refractivity contribution in [2.75, 3.05) is 19.5 Å². The van der Waals surface area contributed by atoms with Gasteiger partial charge in [0.2, 0.25) is 0 Å². The van der Waals surface area contributed by atoms with Crippen LogP contribution < -0.4 is 14.8 Å². The van der Waals surface area contributed by atoms with Crippen LogP contribution in [0.15, 0.2) is 24.3 Å². The monoisotopic (exact) mass is 363 g/mol. The van der Waals surface area contributed by atoms with Crippen molar-refractivity contribution in [3.05, 3.63) is 39.6 Å². The number of methoxy groups -OCH3 is 2. The molecular weight excluding hydrogens is 342 g/mol. The molecule has 0 aliphatic carbocycles. The molecule has 1 N–H and O–H groups in total. The number of esters is 1. The molecule has 1 amide bonds. The second-order valence-corrected chi connectivity index (χ2v) is 6.89. The van der Waals surface area contributed by atoms with Crippen LogP contribution in [-0.2, 0) is 9.53 Å². The molecule has 0 unspecified atom stereocenters. The van der Waals surface area contributed by atoms with E-state index in [9.17, 15) is 9.59 Å². The molecule has 134 valence electrons. The van der Waals surface area contributed by atoms with Crippen molar-refractivity contribution in [2.45, 2.75) is 26.9 Å². The third-order valence-electron chi connectivity index (χ3n) is 3.57. The predicted molar refractivity (Wildman–Crippen MR) is 96.8 cm³/mol. The molecule has 1 aromatic heterocycles. The molecule has 1 atom stereocenters. The molecule has 0 saturated carbocycles. The van der Waals surface area contributed by atoms with Gasteiger partial charge in [0, 0.05) is 21.5 Å². The Morgan fingerprint density at radius 3 is 2.32 bits per heavy atom. The van der Waals surface area contributed by atoms with E-state index in [1.807, 2.05) is 13.8 Å². The maximum absolute atomic E-state index is 12.3. The Kier molecular flexibility index (Phi) is 6.03. The van der Waals surface area contributed by atoms with E-state index in [4.69, 9.17) is 14.2 Å². The summed E-state index contributed by atoms with van der Waals surface area (Å²) in [5, 5.41) is 2.70. The molecule has 1 aromatic carbocycles. The Morgan fingerprint density at radius 2 is 1.76 bits per heavy atom. The molecule has 0 saturated heterocycles. The number of aryl methyl sites for hydroxylation is 2. The van der Waals surface area contributed by atoms with Gasteiger partial charge in [-0.05, 0) is 39.0 Å². The van der Waals surface area contributed by atoms with Crippen molar-refractivity contribution in [3.8, 4) is 11.5 Å². The number of ether oxygens (including phenoxy) is 3. The van der Waals surface area contributed by atoms with Crippen molar-refractivity contribution >= 4 is 28.9 Å². The van der Waals surface area contributed by atoms with Crippen LogP contribution >= 0.6 is 11.3 Å². The maximum atomic E-state index is 12.3. The Balaban J connectivity index is 2.03. The standard InChI is InChI=1S/C18H21NO5S/c1-10-8-14(12(3)25-10)18(21)24-11(2)17(20)19-13-6-7-15(22-4)16(9-13)23-5/h6-9,11H,1-5H3,(H,19,20)/t11-/m1/s1. The molecule has 7 heteroatoms. The van der Waals surface area contributed by atoms with Crippen LogP contribution in [0.1, 0.15) is 27.0 Å². The van der Waals surface area contributed by atoms with Gasteiger partial charge < -0.3 is 19.5 Å². The van der Waals surface area contributed by atoms with Gasteiger partial charge in [-0.2, -0.15) is 0 Å². The van der Waals surface area contributed by atoms with Gasteiger partial charge in [-0.3, -0.25) is 4.79 Å². The van der Waals surface area contributed by atoms with Crippen LogP contribution in [0, 0.1) is 13.8 Å². The average molecular weight is 363 g/mol. The predicted octanol–water partition coefficient (Wildman–Crippen LogP) is 3.57. The summed E-state index contributed by atoms with van der Waals surface area (Å²) in [5.41, 5.74) is 1.02. The summed E-state index contributed by atoms with van der Waals surface area (Å²) in [6, 6.07) is 6.77. The molecule has 2 aromatic rings. The normalized spacial score (nSPS) is 11.6. The molecule has 0 spiro atoms. The highest BCUT2D eigenvalue weighted by atomic mass is 32.1. The van der Waals surface area contributed by atoms with Crippen LogP contribution in [0.3, 0.4) is 0 Å². The molecule has 6 nitrogen and oxygen atoms in total. The molecule has 1 heterocycles. The topological polar surface area (TPSA) is 73.9 Å². The van der Waals surface area contributed by atoms with E-state index < -0.39 is 18.0 Å². The fraction of sp³-hybridized carbons (Fsp3) is 0.333. The van der Waals surface area contributed by atoms with Crippen molar-refractivity contribution in [3.63, 3.8) is 0 Å². The number of benzene rings is 1. The van der Waals surface area contributed by atoms with Gasteiger partial charge in [0.1, 0.15) is 0 Å². The van der Waals surface area contributed by atoms with Crippen molar-refractivity contribution < 1.29 is 23.8 Å². The molecule has 0 radical (unpaired) electrons. The Morgan fingerprint density at radius 1 is 1.08 bits per heavy atom. The summed E-state index contributed by atoms with van der Waals surface area (Å²) < 4.78 is 15.6. The number of hydrogen-bond acceptors (Lipinski definition) is 6. The highest BCUT2D eigenvalue weighted by Crippen LogP contribution is 2.29. The molecule has 25 heavy (non-hydrogen) atoms. The summed E-state index contributed by atoms with van der Waals surface area (Å²) in [6.45, 7) is 5.30. The van der Waals surface area contributed by atoms with Crippen LogP contribution in [0.2, 0.25) is 0 Å². The van der Waals surface area contributed by atoms with Gasteiger partial charge >= 0.3 is 5.97 Å². The summed E-state index contributed by atoms with van der Waals surface area (Å²) in [6.07, 6.45) is -0.930. The van der Waals surface area contributed by atoms with Gasteiger partial charge in [-0.15, -0.1) is 11.3 Å². The Hall–Kier alpha value is -2.54. The van der Waals surface area contributed by atoms with Crippen molar-refractivity contribution in [1.82, 2.24) is 0 Å². The summed E-state index contributed by atoms with van der Waals surface area (Å²) in [5.74, 6) is 0.125. The van der Waals surface area contributed by atoms with Gasteiger partial charge in [0.25, 0.3) is 5.91 Å². The summed E-state index contributed by atoms with van der Waals surface area (Å²) in [7, 11) is 3.05. The van der Waals surface area contributed by atoms with E-state index in [-0.39, 0.29) is 0 Å². The first-order chi connectivity index (χ1) is 11.8. The number of carbonyl (C=O) groups excluding carboxylic acids is 2. The van der Waals surface area contributed by atoms with E-state index in [1.54, 1.807) is 24.3 Å². The first-order valence-electron chi connectivity index (χ1n) is 7.66. The first-order valence-corrected chi connectivity index (χ1v) is 8.48. The lowest BCUT2D eigenvalue weighted by molar-refractivity contribution is -0.123. The van der Waals surface area contributed by atoms with Gasteiger partial charge in [-0.25, -0.2) is 4.79 Å². The maximum Gasteiger partial charge on any atom is 0.340 e. The number of carbonyl (C=O) groups is 2. The van der Waals surface area contributed by atoms with E-state index in [0.29, 0.717) is 22.7 Å². The second kappa shape index (κ2) is 8.02. The highest BCUT2D eigenvalue weighted by molar-refractivity contribution is 7.12. The van der Waals surface area contributed by atoms with Crippen LogP contribution in [0.25, 0.3) is 0 Å². The highest BCUT2D eigenvalue weighted by Gasteiger charge is 2.21. The Bertz CT molecular complexity index is 784. The number of nitrogens with one attached hydrogen (secondary N) is 1. The van der Waals surface area contributed by atoms with Gasteiger partial charge in [0.05, 0.1) is 19.8 Å². The largest absolute Gasteiger partial charge is 0.493 e. The lowest BCUT2D eigenvalue weighted by Crippen LogP contribution is -2.30. The number of rotatable bonds is 6. The quantitative estimate of drug-likeness (QED) is 0.794. The van der Waals surface area contributed by atoms with E-state index >= 15 is 0 Å². The van der Waals surface area contributed by atoms with E-state index in [0.717, 1.165) is 9.75 Å². The molecule has 0 bridgehead atoms. The second-order valence-electron chi connectivity index (χ2n) is 5.43. The summed E-state index contributed by atoms with van der Waals surface area (Å²) >= 11 is 1.52. The molecule has 0 aliphatic rings. The van der Waals surface area contributed by atoms with E-state index in [1.165, 1.54) is 32.5 Å². The van der Waals surface area contributed by atoms with Crippen LogP contribution in [0.4, 0.5) is 5.69 Å². The van der Waals surface area contributed by atoms with Crippen molar-refractivity contribution in [2.24, 2.45) is 0 Å². The SMILES string of the molecule is COc1ccc(NC(=O)[C@@H](C)OC(=O)c2cc(C)sc2C)cc1OC. The zero-order valence-corrected chi connectivity index (χ0v) is 15.7. The fourth-order valence-electron chi connectivity index (χ4n) is 2.27. The number of thiophene rings is 1. The molecule has 2 rings (SSSR count). The number of anilines is 1. The lowest BCUT2D eigenvalue weighted by Gasteiger charge is -2.14. The zero-order valence-electron chi connectivity index (χ0n) is 14.8. The van der Waals surface area contributed by atoms with E-state index in [2.05, 4.69) is 5.32 Å². The average Bonchev–Trinajstić information content (AvgIpc) is 2.93. The van der Waals surface area contributed by atoms with Crippen LogP contribution in [0.5, 0.6) is 11.5 Å². The minimum atomic E-state index is -0.930. The third-order valence-corrected chi connectivity index (χ3v) is 4.53. The minimum absolute atomic E-state index is 0.426. The molecular formula is C18H21NO5S. The number of hydrogen-bond donors (Lipinski definition) is 1.